The van der Waals surface area contributed by atoms with Gasteiger partial charge in [-0.15, -0.1) is 0 Å². The van der Waals surface area contributed by atoms with Crippen molar-refractivity contribution in [3.63, 3.8) is 0 Å². The number of benzene rings is 1. The van der Waals surface area contributed by atoms with Crippen LogP contribution in [0.3, 0.4) is 0 Å². The maximum atomic E-state index is 9.33. The summed E-state index contributed by atoms with van der Waals surface area (Å²) in [4.78, 5) is 0. The molecule has 122 valence electrons. The van der Waals surface area contributed by atoms with E-state index in [1.165, 1.54) is 5.56 Å². The number of hydrogen-bond donors (Lipinski definition) is 1. The van der Waals surface area contributed by atoms with Gasteiger partial charge in [0, 0.05) is 43.1 Å². The predicted octanol–water partition coefficient (Wildman–Crippen LogP) is 4.04. The van der Waals surface area contributed by atoms with E-state index < -0.39 is 0 Å². The second kappa shape index (κ2) is 18.6. The Morgan fingerprint density at radius 3 is 1.81 bits per heavy atom. The molecule has 0 fully saturated rings. The Morgan fingerprint density at radius 1 is 1.05 bits per heavy atom. The fraction of sp³-hybridized carbons (Fsp3) is 0.333. The number of halogens is 5. The summed E-state index contributed by atoms with van der Waals surface area (Å²) in [6.45, 7) is 6.04. The zero-order chi connectivity index (χ0) is 16.7. The number of hydrogen-bond acceptors (Lipinski definition) is 1. The van der Waals surface area contributed by atoms with Crippen molar-refractivity contribution in [2.75, 3.05) is 0 Å². The van der Waals surface area contributed by atoms with E-state index in [9.17, 15) is 5.11 Å². The van der Waals surface area contributed by atoms with Gasteiger partial charge in [-0.05, 0) is 19.4 Å². The number of rotatable bonds is 0. The van der Waals surface area contributed by atoms with Crippen LogP contribution in [-0.4, -0.2) is 11.2 Å². The van der Waals surface area contributed by atoms with Gasteiger partial charge >= 0.3 is 50.5 Å². The van der Waals surface area contributed by atoms with Crippen LogP contribution >= 0.6 is 74.5 Å². The molecular weight excluding hydrogens is 831 g/mol. The Balaban J connectivity index is 0. The molecule has 0 heterocycles. The van der Waals surface area contributed by atoms with Crippen LogP contribution in [0, 0.1) is 12.8 Å². The number of aryl methyl sites for hydroxylation is 1. The average Bonchev–Trinajstić information content (AvgIpc) is 2.49. The number of allylic oxidation sites excluding steroid dienone is 2. The van der Waals surface area contributed by atoms with E-state index in [4.69, 9.17) is 0 Å². The normalized spacial score (nSPS) is 19.0. The van der Waals surface area contributed by atoms with Crippen molar-refractivity contribution in [1.82, 2.24) is 0 Å². The Hall–Kier alpha value is 2.31. The first kappa shape index (κ1) is 25.5. The van der Waals surface area contributed by atoms with E-state index >= 15 is 0 Å². The molecule has 2 atom stereocenters. The second-order valence-corrected chi connectivity index (χ2v) is 20.6. The molecule has 0 unspecified atom stereocenters. The Labute approximate surface area is 182 Å². The molecule has 1 aromatic rings. The van der Waals surface area contributed by atoms with Gasteiger partial charge in [-0.3, -0.25) is 0 Å². The maximum absolute atomic E-state index is 9.33. The molecule has 2 rings (SSSR count). The van der Waals surface area contributed by atoms with E-state index in [-0.39, 0.29) is 12.0 Å². The summed E-state index contributed by atoms with van der Waals surface area (Å²) in [5, 5.41) is 9.33. The van der Waals surface area contributed by atoms with E-state index in [0.717, 1.165) is 5.57 Å². The zero-order valence-corrected chi connectivity index (χ0v) is 22.9. The van der Waals surface area contributed by atoms with Crippen LogP contribution in [0.1, 0.15) is 19.4 Å². The first-order valence-corrected chi connectivity index (χ1v) is 24.9. The third-order valence-electron chi connectivity index (χ3n) is 2.68. The fourth-order valence-electron chi connectivity index (χ4n) is 1.54. The summed E-state index contributed by atoms with van der Waals surface area (Å²) < 4.78 is 0. The third kappa shape index (κ3) is 15.6. The molecule has 1 aromatic carbocycles. The van der Waals surface area contributed by atoms with Crippen molar-refractivity contribution in [1.29, 1.82) is 0 Å². The molecule has 1 aliphatic rings. The molecule has 0 spiro atoms. The van der Waals surface area contributed by atoms with E-state index in [0.29, 0.717) is 13.3 Å². The van der Waals surface area contributed by atoms with Crippen LogP contribution in [0.2, 0.25) is 0 Å². The van der Waals surface area contributed by atoms with Gasteiger partial charge < -0.3 is 5.11 Å². The summed E-state index contributed by atoms with van der Waals surface area (Å²) in [5.74, 6) is 0.287. The van der Waals surface area contributed by atoms with Gasteiger partial charge in [-0.25, -0.2) is 0 Å². The van der Waals surface area contributed by atoms with Crippen molar-refractivity contribution in [2.45, 2.75) is 26.9 Å². The summed E-state index contributed by atoms with van der Waals surface area (Å²) in [5.41, 5.74) is 2.38. The van der Waals surface area contributed by atoms with E-state index in [1.54, 1.807) is 0 Å². The molecule has 0 aromatic heterocycles. The van der Waals surface area contributed by atoms with Gasteiger partial charge in [-0.2, -0.15) is 0 Å². The average molecular weight is 851 g/mol. The van der Waals surface area contributed by atoms with Crippen molar-refractivity contribution in [3.05, 3.63) is 59.7 Å². The molecule has 1 aliphatic carbocycles. The van der Waals surface area contributed by atoms with Crippen molar-refractivity contribution >= 4 is 74.5 Å². The topological polar surface area (TPSA) is 20.2 Å². The van der Waals surface area contributed by atoms with Gasteiger partial charge in [0.05, 0.1) is 6.10 Å². The SMILES string of the molecule is CC1=CC=C[C@H](C)[C@@H]1O.Cc1ccccc1.II.I[I-]I. The van der Waals surface area contributed by atoms with Crippen LogP contribution in [0.4, 0.5) is 0 Å². The van der Waals surface area contributed by atoms with Crippen LogP contribution in [0.15, 0.2) is 54.1 Å². The first-order chi connectivity index (χ1) is 10.0. The zero-order valence-electron chi connectivity index (χ0n) is 12.1. The van der Waals surface area contributed by atoms with Crippen LogP contribution in [0.5, 0.6) is 0 Å². The molecule has 21 heavy (non-hydrogen) atoms. The van der Waals surface area contributed by atoms with Crippen molar-refractivity contribution in [2.24, 2.45) is 5.92 Å². The van der Waals surface area contributed by atoms with E-state index in [1.807, 2.05) is 50.3 Å². The molecule has 1 N–H and O–H groups in total. The second-order valence-electron chi connectivity index (χ2n) is 4.31. The Bertz CT molecular complexity index is 392. The summed E-state index contributed by atoms with van der Waals surface area (Å²) >= 11 is 9.54. The fourth-order valence-corrected chi connectivity index (χ4v) is 1.54. The molecular formula is C15H20I5O-. The summed E-state index contributed by atoms with van der Waals surface area (Å²) in [7, 11) is 0. The summed E-state index contributed by atoms with van der Waals surface area (Å²) in [6, 6.07) is 10.3. The van der Waals surface area contributed by atoms with Crippen LogP contribution < -0.4 is 13.3 Å². The molecule has 0 aliphatic heterocycles. The third-order valence-corrected chi connectivity index (χ3v) is 2.68. The monoisotopic (exact) mass is 851 g/mol. The molecule has 0 bridgehead atoms. The standard InChI is InChI=1S/C8H12O.C7H8.I3.I2/c1-6-4-3-5-7(2)8(6)9;1-7-5-3-2-4-6-7;1-3-2;1-2/h3-6,8-9H,1-2H3;2-6H,1H3;;/q;;-1;/t6-,8-;;;/m0.../s1. The molecule has 0 radical (unpaired) electrons. The predicted molar refractivity (Wildman–Crippen MR) is 125 cm³/mol. The van der Waals surface area contributed by atoms with Gasteiger partial charge in [0.15, 0.2) is 0 Å². The minimum absolute atomic E-state index is 0.255. The van der Waals surface area contributed by atoms with Crippen molar-refractivity contribution in [3.8, 4) is 0 Å². The summed E-state index contributed by atoms with van der Waals surface area (Å²) in [6.07, 6.45) is 5.70. The molecule has 0 saturated heterocycles. The van der Waals surface area contributed by atoms with Gasteiger partial charge in [-0.1, -0.05) is 61.0 Å². The van der Waals surface area contributed by atoms with Crippen LogP contribution in [-0.2, 0) is 0 Å². The van der Waals surface area contributed by atoms with Gasteiger partial charge in [0.2, 0.25) is 0 Å². The first-order valence-electron chi connectivity index (χ1n) is 6.09. The molecule has 0 amide bonds. The van der Waals surface area contributed by atoms with Gasteiger partial charge in [0.25, 0.3) is 0 Å². The molecule has 6 heteroatoms. The quantitative estimate of drug-likeness (QED) is 0.392. The molecule has 1 nitrogen and oxygen atoms in total. The van der Waals surface area contributed by atoms with Gasteiger partial charge in [0.1, 0.15) is 0 Å². The van der Waals surface area contributed by atoms with Crippen LogP contribution in [0.25, 0.3) is 0 Å². The Morgan fingerprint density at radius 2 is 1.52 bits per heavy atom. The number of aliphatic hydroxyl groups excluding tert-OH is 1. The number of aliphatic hydroxyl groups is 1. The van der Waals surface area contributed by atoms with E-state index in [2.05, 4.69) is 93.5 Å². The van der Waals surface area contributed by atoms with Crippen molar-refractivity contribution < 1.29 is 18.4 Å². The Kier molecular flexibility index (Phi) is 22.7. The minimum atomic E-state index is -0.255. The molecule has 0 saturated carbocycles.